The molecule has 1 aliphatic rings. The van der Waals surface area contributed by atoms with E-state index >= 15 is 0 Å². The number of aryl methyl sites for hydroxylation is 1. The number of carbonyl (C=O) groups excluding carboxylic acids is 1. The van der Waals surface area contributed by atoms with Crippen LogP contribution in [0.25, 0.3) is 22.6 Å². The van der Waals surface area contributed by atoms with Gasteiger partial charge in [0.2, 0.25) is 0 Å². The highest BCUT2D eigenvalue weighted by Gasteiger charge is 2.24. The molecule has 1 amide bonds. The monoisotopic (exact) mass is 375 g/mol. The summed E-state index contributed by atoms with van der Waals surface area (Å²) in [5, 5.41) is 11.4. The van der Waals surface area contributed by atoms with Gasteiger partial charge in [0, 0.05) is 17.3 Å². The summed E-state index contributed by atoms with van der Waals surface area (Å²) in [5.41, 5.74) is 4.25. The lowest BCUT2D eigenvalue weighted by Crippen LogP contribution is -2.21. The molecule has 0 saturated carbocycles. The summed E-state index contributed by atoms with van der Waals surface area (Å²) in [7, 11) is 0. The number of carboxylic acid groups (broad SMARTS) is 1. The van der Waals surface area contributed by atoms with Gasteiger partial charge in [0.1, 0.15) is 11.3 Å². The predicted octanol–water partition coefficient (Wildman–Crippen LogP) is 3.61. The zero-order chi connectivity index (χ0) is 19.8. The fourth-order valence-electron chi connectivity index (χ4n) is 3.36. The van der Waals surface area contributed by atoms with Crippen LogP contribution in [-0.4, -0.2) is 17.0 Å². The van der Waals surface area contributed by atoms with E-state index in [0.29, 0.717) is 35.1 Å². The van der Waals surface area contributed by atoms with Crippen molar-refractivity contribution >= 4 is 40.2 Å². The fraction of sp³-hybridized carbons (Fsp3) is 0.136. The van der Waals surface area contributed by atoms with Crippen LogP contribution in [0.3, 0.4) is 0 Å². The Bertz CT molecular complexity index is 1200. The summed E-state index contributed by atoms with van der Waals surface area (Å²) in [4.78, 5) is 34.9. The van der Waals surface area contributed by atoms with Crippen LogP contribution in [0.1, 0.15) is 28.9 Å². The molecule has 0 fully saturated rings. The van der Waals surface area contributed by atoms with Gasteiger partial charge in [-0.2, -0.15) is 0 Å². The number of fused-ring (bicyclic) bond motifs is 2. The molecule has 0 atom stereocenters. The number of hydrogen-bond donors (Lipinski definition) is 2. The Hall–Kier alpha value is -3.67. The Balaban J connectivity index is 1.78. The summed E-state index contributed by atoms with van der Waals surface area (Å²) < 4.78 is 6.01. The van der Waals surface area contributed by atoms with Crippen LogP contribution >= 0.6 is 0 Å². The van der Waals surface area contributed by atoms with E-state index in [9.17, 15) is 14.4 Å². The Morgan fingerprint density at radius 1 is 1.11 bits per heavy atom. The van der Waals surface area contributed by atoms with Crippen molar-refractivity contribution in [3.05, 3.63) is 75.1 Å². The Morgan fingerprint density at radius 2 is 1.86 bits per heavy atom. The second-order valence-corrected chi connectivity index (χ2v) is 6.79. The van der Waals surface area contributed by atoms with Crippen molar-refractivity contribution < 1.29 is 19.1 Å². The van der Waals surface area contributed by atoms with Crippen LogP contribution in [0.15, 0.2) is 51.7 Å². The Morgan fingerprint density at radius 3 is 2.57 bits per heavy atom. The normalized spacial score (nSPS) is 14.2. The molecular weight excluding hydrogens is 358 g/mol. The first kappa shape index (κ1) is 17.7. The van der Waals surface area contributed by atoms with Gasteiger partial charge in [-0.3, -0.25) is 9.59 Å². The number of aliphatic carboxylic acids is 1. The molecule has 4 rings (SSSR count). The molecule has 3 aromatic rings. The van der Waals surface area contributed by atoms with Crippen molar-refractivity contribution in [2.45, 2.75) is 19.8 Å². The molecule has 2 N–H and O–H groups in total. The van der Waals surface area contributed by atoms with E-state index < -0.39 is 11.9 Å². The fourth-order valence-corrected chi connectivity index (χ4v) is 3.36. The van der Waals surface area contributed by atoms with E-state index in [2.05, 4.69) is 5.32 Å². The van der Waals surface area contributed by atoms with Crippen molar-refractivity contribution in [2.75, 3.05) is 5.32 Å². The van der Waals surface area contributed by atoms with Gasteiger partial charge in [0.05, 0.1) is 5.39 Å². The summed E-state index contributed by atoms with van der Waals surface area (Å²) in [6.45, 7) is 2.02. The number of rotatable bonds is 2. The second kappa shape index (κ2) is 6.81. The van der Waals surface area contributed by atoms with E-state index in [1.165, 1.54) is 17.7 Å². The molecule has 0 spiro atoms. The standard InChI is InChI=1S/C22H17NO5/c1-12-2-4-13(5-3-12)10-14-6-8-17-19(24)16-9-7-15(23-21(25)22(26)27)11-18(16)28-20(14)17/h2-5,7,9-11H,6,8H2,1H3,(H,23,25)(H,26,27)/b14-10+. The van der Waals surface area contributed by atoms with Gasteiger partial charge < -0.3 is 14.8 Å². The van der Waals surface area contributed by atoms with E-state index in [-0.39, 0.29) is 11.1 Å². The third kappa shape index (κ3) is 3.20. The quantitative estimate of drug-likeness (QED) is 0.667. The van der Waals surface area contributed by atoms with Gasteiger partial charge in [-0.25, -0.2) is 4.79 Å². The SMILES string of the molecule is Cc1ccc(/C=C2\CCc3c2oc2cc(NC(=O)C(=O)O)ccc2c3=O)cc1. The number of amides is 1. The summed E-state index contributed by atoms with van der Waals surface area (Å²) >= 11 is 0. The minimum Gasteiger partial charge on any atom is -0.474 e. The van der Waals surface area contributed by atoms with Crippen molar-refractivity contribution in [3.63, 3.8) is 0 Å². The minimum absolute atomic E-state index is 0.0975. The van der Waals surface area contributed by atoms with Crippen LogP contribution in [0, 0.1) is 6.92 Å². The first-order chi connectivity index (χ1) is 13.4. The lowest BCUT2D eigenvalue weighted by molar-refractivity contribution is -0.147. The van der Waals surface area contributed by atoms with Crippen molar-refractivity contribution in [3.8, 4) is 0 Å². The number of hydrogen-bond acceptors (Lipinski definition) is 4. The zero-order valence-electron chi connectivity index (χ0n) is 15.1. The van der Waals surface area contributed by atoms with Gasteiger partial charge >= 0.3 is 11.9 Å². The van der Waals surface area contributed by atoms with Gasteiger partial charge in [-0.1, -0.05) is 29.8 Å². The van der Waals surface area contributed by atoms with Crippen LogP contribution in [0.5, 0.6) is 0 Å². The number of benzene rings is 2. The molecule has 0 saturated heterocycles. The number of carbonyl (C=O) groups is 2. The summed E-state index contributed by atoms with van der Waals surface area (Å²) in [6, 6.07) is 12.6. The molecule has 28 heavy (non-hydrogen) atoms. The molecule has 140 valence electrons. The molecule has 2 aromatic carbocycles. The Kier molecular flexibility index (Phi) is 4.31. The second-order valence-electron chi connectivity index (χ2n) is 6.79. The maximum atomic E-state index is 12.8. The first-order valence-corrected chi connectivity index (χ1v) is 8.84. The summed E-state index contributed by atoms with van der Waals surface area (Å²) in [6.07, 6.45) is 3.33. The maximum absolute atomic E-state index is 12.8. The highest BCUT2D eigenvalue weighted by Crippen LogP contribution is 2.34. The smallest absolute Gasteiger partial charge is 0.394 e. The third-order valence-electron chi connectivity index (χ3n) is 4.79. The molecule has 0 radical (unpaired) electrons. The van der Waals surface area contributed by atoms with E-state index in [1.54, 1.807) is 6.07 Å². The lowest BCUT2D eigenvalue weighted by atomic mass is 10.1. The van der Waals surface area contributed by atoms with Crippen molar-refractivity contribution in [1.82, 2.24) is 0 Å². The highest BCUT2D eigenvalue weighted by molar-refractivity contribution is 6.36. The predicted molar refractivity (Wildman–Crippen MR) is 106 cm³/mol. The van der Waals surface area contributed by atoms with Crippen molar-refractivity contribution in [1.29, 1.82) is 0 Å². The summed E-state index contributed by atoms with van der Waals surface area (Å²) in [5.74, 6) is -2.18. The average molecular weight is 375 g/mol. The molecule has 0 unspecified atom stereocenters. The van der Waals surface area contributed by atoms with Gasteiger partial charge in [-0.15, -0.1) is 0 Å². The number of nitrogens with one attached hydrogen (secondary N) is 1. The molecule has 6 nitrogen and oxygen atoms in total. The van der Waals surface area contributed by atoms with E-state index in [4.69, 9.17) is 9.52 Å². The third-order valence-corrected chi connectivity index (χ3v) is 4.79. The molecule has 0 aliphatic heterocycles. The Labute approximate surface area is 160 Å². The van der Waals surface area contributed by atoms with E-state index in [0.717, 1.165) is 11.1 Å². The molecule has 0 bridgehead atoms. The first-order valence-electron chi connectivity index (χ1n) is 8.84. The molecule has 1 aliphatic carbocycles. The lowest BCUT2D eigenvalue weighted by Gasteiger charge is -2.07. The number of allylic oxidation sites excluding steroid dienone is 1. The van der Waals surface area contributed by atoms with E-state index in [1.807, 2.05) is 37.3 Å². The zero-order valence-corrected chi connectivity index (χ0v) is 15.1. The highest BCUT2D eigenvalue weighted by atomic mass is 16.4. The maximum Gasteiger partial charge on any atom is 0.394 e. The van der Waals surface area contributed by atoms with Gasteiger partial charge in [0.15, 0.2) is 5.43 Å². The average Bonchev–Trinajstić information content (AvgIpc) is 3.06. The topological polar surface area (TPSA) is 96.6 Å². The molecule has 1 aromatic heterocycles. The number of carboxylic acids is 1. The minimum atomic E-state index is -1.58. The van der Waals surface area contributed by atoms with Crippen LogP contribution < -0.4 is 10.7 Å². The molecular formula is C22H17NO5. The largest absolute Gasteiger partial charge is 0.474 e. The number of anilines is 1. The molecule has 1 heterocycles. The van der Waals surface area contributed by atoms with Crippen LogP contribution in [0.4, 0.5) is 5.69 Å². The van der Waals surface area contributed by atoms with Gasteiger partial charge in [0.25, 0.3) is 0 Å². The molecule has 6 heteroatoms. The van der Waals surface area contributed by atoms with Crippen molar-refractivity contribution in [2.24, 2.45) is 0 Å². The van der Waals surface area contributed by atoms with Crippen LogP contribution in [0.2, 0.25) is 0 Å². The van der Waals surface area contributed by atoms with Crippen LogP contribution in [-0.2, 0) is 16.0 Å². The van der Waals surface area contributed by atoms with Gasteiger partial charge in [-0.05, 0) is 49.1 Å².